The average molecular weight is 529 g/mol. The lowest BCUT2D eigenvalue weighted by atomic mass is 10.1. The Morgan fingerprint density at radius 2 is 1.78 bits per heavy atom. The highest BCUT2D eigenvalue weighted by molar-refractivity contribution is 7.89. The molecule has 1 fully saturated rings. The second-order valence-electron chi connectivity index (χ2n) is 9.42. The fourth-order valence-electron chi connectivity index (χ4n) is 4.65. The van der Waals surface area contributed by atoms with Crippen LogP contribution in [0.25, 0.3) is 10.9 Å². The van der Waals surface area contributed by atoms with Crippen LogP contribution in [0.4, 0.5) is 0 Å². The van der Waals surface area contributed by atoms with Gasteiger partial charge in [-0.3, -0.25) is 14.9 Å². The third-order valence-corrected chi connectivity index (χ3v) is 8.73. The molecular weight excluding hydrogens is 492 g/mol. The van der Waals surface area contributed by atoms with Crippen molar-refractivity contribution in [2.45, 2.75) is 32.2 Å². The Morgan fingerprint density at radius 3 is 2.54 bits per heavy atom. The van der Waals surface area contributed by atoms with Crippen LogP contribution >= 0.6 is 0 Å². The van der Waals surface area contributed by atoms with Crippen LogP contribution in [0.5, 0.6) is 0 Å². The van der Waals surface area contributed by atoms with Gasteiger partial charge in [-0.2, -0.15) is 4.31 Å². The van der Waals surface area contributed by atoms with Crippen molar-refractivity contribution in [3.8, 4) is 0 Å². The minimum Gasteiger partial charge on any atom is -0.379 e. The largest absolute Gasteiger partial charge is 0.379 e. The molecule has 1 aliphatic heterocycles. The summed E-state index contributed by atoms with van der Waals surface area (Å²) in [6, 6.07) is 15.7. The molecular formula is C27H36N4O5S. The molecule has 10 heteroatoms. The first-order valence-corrected chi connectivity index (χ1v) is 14.4. The summed E-state index contributed by atoms with van der Waals surface area (Å²) >= 11 is 0. The molecule has 1 saturated heterocycles. The zero-order chi connectivity index (χ0) is 26.1. The molecule has 0 spiro atoms. The SMILES string of the molecule is O=C(CCc1ccc(CN(CCc2c[nH]c3ccccc23)S(=O)(=O)CCCN2CCOCC2)cc1)NO. The van der Waals surface area contributed by atoms with Gasteiger partial charge in [-0.25, -0.2) is 13.9 Å². The summed E-state index contributed by atoms with van der Waals surface area (Å²) in [5.41, 5.74) is 5.63. The molecule has 1 aliphatic rings. The number of hydroxylamine groups is 1. The van der Waals surface area contributed by atoms with E-state index in [1.54, 1.807) is 9.79 Å². The summed E-state index contributed by atoms with van der Waals surface area (Å²) in [7, 11) is -3.48. The molecule has 1 aromatic heterocycles. The molecule has 0 unspecified atom stereocenters. The van der Waals surface area contributed by atoms with Crippen LogP contribution in [0.2, 0.25) is 0 Å². The Kier molecular flexibility index (Phi) is 9.70. The van der Waals surface area contributed by atoms with Gasteiger partial charge >= 0.3 is 0 Å². The van der Waals surface area contributed by atoms with E-state index < -0.39 is 15.9 Å². The number of aromatic nitrogens is 1. The second kappa shape index (κ2) is 13.2. The summed E-state index contributed by atoms with van der Waals surface area (Å²) < 4.78 is 34.0. The van der Waals surface area contributed by atoms with E-state index >= 15 is 0 Å². The zero-order valence-electron chi connectivity index (χ0n) is 21.1. The number of carbonyl (C=O) groups is 1. The molecule has 9 nitrogen and oxygen atoms in total. The van der Waals surface area contributed by atoms with E-state index in [4.69, 9.17) is 9.94 Å². The van der Waals surface area contributed by atoms with Crippen molar-refractivity contribution in [3.63, 3.8) is 0 Å². The van der Waals surface area contributed by atoms with E-state index in [-0.39, 0.29) is 12.2 Å². The summed E-state index contributed by atoms with van der Waals surface area (Å²) in [4.78, 5) is 16.8. The second-order valence-corrected chi connectivity index (χ2v) is 11.5. The summed E-state index contributed by atoms with van der Waals surface area (Å²) in [5, 5.41) is 9.79. The Bertz CT molecular complexity index is 1250. The van der Waals surface area contributed by atoms with Crippen LogP contribution in [0.15, 0.2) is 54.7 Å². The number of ether oxygens (including phenoxy) is 1. The third kappa shape index (κ3) is 7.86. The Labute approximate surface area is 218 Å². The number of hydrogen-bond acceptors (Lipinski definition) is 6. The van der Waals surface area contributed by atoms with Crippen LogP contribution in [-0.2, 0) is 38.9 Å². The number of hydrogen-bond donors (Lipinski definition) is 3. The summed E-state index contributed by atoms with van der Waals surface area (Å²) in [6.07, 6.45) is 3.84. The van der Waals surface area contributed by atoms with Gasteiger partial charge < -0.3 is 9.72 Å². The van der Waals surface area contributed by atoms with Gasteiger partial charge in [-0.1, -0.05) is 42.5 Å². The quantitative estimate of drug-likeness (QED) is 0.232. The predicted octanol–water partition coefficient (Wildman–Crippen LogP) is 2.70. The first kappa shape index (κ1) is 27.3. The molecule has 200 valence electrons. The number of aryl methyl sites for hydroxylation is 1. The van der Waals surface area contributed by atoms with Gasteiger partial charge in [-0.15, -0.1) is 0 Å². The molecule has 0 radical (unpaired) electrons. The standard InChI is InChI=1S/C27H36N4O5S/c32-27(29-33)11-10-22-6-8-23(9-7-22)21-31(14-12-24-20-28-26-5-2-1-4-25(24)26)37(34,35)19-3-13-30-15-17-36-18-16-30/h1-2,4-9,20,28,33H,3,10-19,21H2,(H,29,32). The highest BCUT2D eigenvalue weighted by Crippen LogP contribution is 2.20. The Morgan fingerprint density at radius 1 is 1.05 bits per heavy atom. The molecule has 0 atom stereocenters. The van der Waals surface area contributed by atoms with Crippen LogP contribution in [-0.4, -0.2) is 78.9 Å². The van der Waals surface area contributed by atoms with Crippen LogP contribution < -0.4 is 5.48 Å². The number of morpholine rings is 1. The number of nitrogens with one attached hydrogen (secondary N) is 2. The average Bonchev–Trinajstić information content (AvgIpc) is 3.33. The number of rotatable bonds is 13. The monoisotopic (exact) mass is 528 g/mol. The van der Waals surface area contributed by atoms with E-state index in [9.17, 15) is 13.2 Å². The molecule has 1 amide bonds. The predicted molar refractivity (Wildman–Crippen MR) is 143 cm³/mol. The number of amides is 1. The van der Waals surface area contributed by atoms with E-state index in [2.05, 4.69) is 16.0 Å². The first-order chi connectivity index (χ1) is 17.9. The van der Waals surface area contributed by atoms with E-state index in [0.29, 0.717) is 45.6 Å². The van der Waals surface area contributed by atoms with Crippen molar-refractivity contribution < 1.29 is 23.2 Å². The van der Waals surface area contributed by atoms with Crippen molar-refractivity contribution in [1.29, 1.82) is 0 Å². The fraction of sp³-hybridized carbons (Fsp3) is 0.444. The molecule has 3 aromatic rings. The number of H-pyrrole nitrogens is 1. The molecule has 3 N–H and O–H groups in total. The maximum atomic E-state index is 13.5. The lowest BCUT2D eigenvalue weighted by molar-refractivity contribution is -0.129. The molecule has 0 bridgehead atoms. The van der Waals surface area contributed by atoms with Crippen LogP contribution in [0.1, 0.15) is 29.5 Å². The van der Waals surface area contributed by atoms with E-state index in [1.807, 2.05) is 48.7 Å². The number of benzene rings is 2. The first-order valence-electron chi connectivity index (χ1n) is 12.8. The maximum absolute atomic E-state index is 13.5. The Balaban J connectivity index is 1.43. The minimum absolute atomic E-state index is 0.104. The minimum atomic E-state index is -3.48. The summed E-state index contributed by atoms with van der Waals surface area (Å²) in [5.74, 6) is -0.331. The van der Waals surface area contributed by atoms with Gasteiger partial charge in [-0.05, 0) is 48.6 Å². The number of fused-ring (bicyclic) bond motifs is 1. The fourth-order valence-corrected chi connectivity index (χ4v) is 6.12. The summed E-state index contributed by atoms with van der Waals surface area (Å²) in [6.45, 7) is 4.51. The molecule has 0 aliphatic carbocycles. The number of carbonyl (C=O) groups excluding carboxylic acids is 1. The topological polar surface area (TPSA) is 115 Å². The zero-order valence-corrected chi connectivity index (χ0v) is 21.9. The lowest BCUT2D eigenvalue weighted by Crippen LogP contribution is -2.39. The molecule has 0 saturated carbocycles. The van der Waals surface area contributed by atoms with Crippen LogP contribution in [0.3, 0.4) is 0 Å². The third-order valence-electron chi connectivity index (χ3n) is 6.83. The number of aromatic amines is 1. The van der Waals surface area contributed by atoms with Crippen molar-refractivity contribution in [1.82, 2.24) is 19.7 Å². The highest BCUT2D eigenvalue weighted by atomic mass is 32.2. The molecule has 2 aromatic carbocycles. The van der Waals surface area contributed by atoms with Crippen LogP contribution in [0, 0.1) is 0 Å². The van der Waals surface area contributed by atoms with Crippen molar-refractivity contribution in [2.75, 3.05) is 45.1 Å². The molecule has 2 heterocycles. The van der Waals surface area contributed by atoms with E-state index in [1.165, 1.54) is 0 Å². The van der Waals surface area contributed by atoms with Gasteiger partial charge in [0.05, 0.1) is 19.0 Å². The van der Waals surface area contributed by atoms with Gasteiger partial charge in [0.15, 0.2) is 0 Å². The molecule has 4 rings (SSSR count). The molecule has 37 heavy (non-hydrogen) atoms. The number of sulfonamides is 1. The lowest BCUT2D eigenvalue weighted by Gasteiger charge is -2.27. The van der Waals surface area contributed by atoms with Gasteiger partial charge in [0, 0.05) is 49.7 Å². The highest BCUT2D eigenvalue weighted by Gasteiger charge is 2.23. The van der Waals surface area contributed by atoms with E-state index in [0.717, 1.165) is 47.2 Å². The number of para-hydroxylation sites is 1. The van der Waals surface area contributed by atoms with Gasteiger partial charge in [0.25, 0.3) is 0 Å². The van der Waals surface area contributed by atoms with Crippen molar-refractivity contribution in [2.24, 2.45) is 0 Å². The van der Waals surface area contributed by atoms with Crippen molar-refractivity contribution >= 4 is 26.8 Å². The Hall–Kier alpha value is -2.76. The normalized spacial score (nSPS) is 14.9. The van der Waals surface area contributed by atoms with Gasteiger partial charge in [0.2, 0.25) is 15.9 Å². The van der Waals surface area contributed by atoms with Gasteiger partial charge in [0.1, 0.15) is 0 Å². The maximum Gasteiger partial charge on any atom is 0.243 e. The number of nitrogens with zero attached hydrogens (tertiary/aromatic N) is 2. The smallest absolute Gasteiger partial charge is 0.243 e. The van der Waals surface area contributed by atoms with Crippen molar-refractivity contribution in [3.05, 3.63) is 71.4 Å².